The van der Waals surface area contributed by atoms with E-state index in [2.05, 4.69) is 5.32 Å². The molecule has 0 atom stereocenters. The van der Waals surface area contributed by atoms with Crippen molar-refractivity contribution in [3.8, 4) is 0 Å². The van der Waals surface area contributed by atoms with Gasteiger partial charge < -0.3 is 5.32 Å². The van der Waals surface area contributed by atoms with Gasteiger partial charge in [0.15, 0.2) is 11.3 Å². The molecular weight excluding hydrogens is 410 g/mol. The molecule has 0 aliphatic carbocycles. The molecule has 0 aromatic heterocycles. The largest absolute Gasteiger partial charge is 0.325 e. The molecule has 8 nitrogen and oxygen atoms in total. The van der Waals surface area contributed by atoms with Gasteiger partial charge in [-0.1, -0.05) is 72.8 Å². The zero-order chi connectivity index (χ0) is 22.9. The first kappa shape index (κ1) is 20.9. The monoisotopic (exact) mass is 429 g/mol. The highest BCUT2D eigenvalue weighted by Gasteiger charge is 2.54. The first-order valence-corrected chi connectivity index (χ1v) is 9.88. The highest BCUT2D eigenvalue weighted by atomic mass is 16.6. The average molecular weight is 429 g/mol. The van der Waals surface area contributed by atoms with Crippen LogP contribution in [-0.4, -0.2) is 34.1 Å². The summed E-state index contributed by atoms with van der Waals surface area (Å²) in [5, 5.41) is 14.0. The van der Waals surface area contributed by atoms with Crippen LogP contribution in [0.5, 0.6) is 0 Å². The molecule has 0 unspecified atom stereocenters. The second kappa shape index (κ2) is 8.07. The minimum atomic E-state index is -1.47. The van der Waals surface area contributed by atoms with E-state index < -0.39 is 34.7 Å². The van der Waals surface area contributed by atoms with Crippen LogP contribution in [0, 0.1) is 17.0 Å². The number of nitro groups is 1. The molecular formula is C24H19N3O5. The van der Waals surface area contributed by atoms with Gasteiger partial charge in [0.1, 0.15) is 0 Å². The minimum Gasteiger partial charge on any atom is -0.315 e. The third-order valence-electron chi connectivity index (χ3n) is 5.55. The molecule has 4 rings (SSSR count). The van der Waals surface area contributed by atoms with E-state index in [1.807, 2.05) is 0 Å². The van der Waals surface area contributed by atoms with E-state index in [9.17, 15) is 24.5 Å². The van der Waals surface area contributed by atoms with Gasteiger partial charge in [-0.3, -0.25) is 24.6 Å². The fourth-order valence-electron chi connectivity index (χ4n) is 3.87. The van der Waals surface area contributed by atoms with E-state index in [0.29, 0.717) is 16.7 Å². The van der Waals surface area contributed by atoms with Crippen LogP contribution in [0.25, 0.3) is 0 Å². The second-order valence-corrected chi connectivity index (χ2v) is 7.49. The van der Waals surface area contributed by atoms with Crippen molar-refractivity contribution < 1.29 is 19.3 Å². The number of amides is 3. The number of ketones is 1. The first-order valence-electron chi connectivity index (χ1n) is 9.88. The molecule has 160 valence electrons. The number of aryl methyl sites for hydroxylation is 1. The highest BCUT2D eigenvalue weighted by Crippen LogP contribution is 2.36. The lowest BCUT2D eigenvalue weighted by Crippen LogP contribution is -2.45. The summed E-state index contributed by atoms with van der Waals surface area (Å²) in [5.74, 6) is -1.16. The number of nitro benzene ring substituents is 1. The van der Waals surface area contributed by atoms with Crippen molar-refractivity contribution in [1.29, 1.82) is 0 Å². The maximum absolute atomic E-state index is 13.6. The fraction of sp³-hybridized carbons (Fsp3) is 0.125. The van der Waals surface area contributed by atoms with Crippen LogP contribution in [-0.2, 0) is 10.3 Å². The molecule has 1 aliphatic rings. The van der Waals surface area contributed by atoms with Crippen LogP contribution in [0.1, 0.15) is 27.0 Å². The summed E-state index contributed by atoms with van der Waals surface area (Å²) in [5.41, 5.74) is -0.0838. The maximum atomic E-state index is 13.6. The molecule has 0 radical (unpaired) electrons. The third-order valence-corrected chi connectivity index (χ3v) is 5.55. The van der Waals surface area contributed by atoms with Gasteiger partial charge in [-0.2, -0.15) is 0 Å². The number of hydrogen-bond donors (Lipinski definition) is 1. The molecule has 1 aliphatic heterocycles. The minimum absolute atomic E-state index is 0.0554. The van der Waals surface area contributed by atoms with Gasteiger partial charge in [0.2, 0.25) is 0 Å². The normalized spacial score (nSPS) is 14.8. The predicted molar refractivity (Wildman–Crippen MR) is 116 cm³/mol. The Hall–Kier alpha value is -4.33. The molecule has 3 aromatic rings. The SMILES string of the molecule is Cc1ccc(C(=O)CN2C(=O)NC(c3ccccc3)(c3ccccc3)C2=O)cc1[N+](=O)[O-]. The number of nitrogens with zero attached hydrogens (tertiary/aromatic N) is 2. The molecule has 32 heavy (non-hydrogen) atoms. The molecule has 0 bridgehead atoms. The summed E-state index contributed by atoms with van der Waals surface area (Å²) in [4.78, 5) is 50.9. The summed E-state index contributed by atoms with van der Waals surface area (Å²) < 4.78 is 0. The Morgan fingerprint density at radius 3 is 2.06 bits per heavy atom. The van der Waals surface area contributed by atoms with E-state index in [0.717, 1.165) is 11.0 Å². The van der Waals surface area contributed by atoms with Crippen LogP contribution < -0.4 is 5.32 Å². The van der Waals surface area contributed by atoms with E-state index >= 15 is 0 Å². The highest BCUT2D eigenvalue weighted by molar-refractivity contribution is 6.13. The second-order valence-electron chi connectivity index (χ2n) is 7.49. The smallest absolute Gasteiger partial charge is 0.315 e. The van der Waals surface area contributed by atoms with Crippen LogP contribution in [0.3, 0.4) is 0 Å². The molecule has 0 saturated carbocycles. The van der Waals surface area contributed by atoms with Crippen molar-refractivity contribution in [3.05, 3.63) is 111 Å². The maximum Gasteiger partial charge on any atom is 0.325 e. The fourth-order valence-corrected chi connectivity index (χ4v) is 3.87. The van der Waals surface area contributed by atoms with E-state index in [4.69, 9.17) is 0 Å². The molecule has 8 heteroatoms. The number of carbonyl (C=O) groups is 3. The van der Waals surface area contributed by atoms with Crippen LogP contribution in [0.4, 0.5) is 10.5 Å². The summed E-state index contributed by atoms with van der Waals surface area (Å²) in [6, 6.07) is 21.0. The van der Waals surface area contributed by atoms with Crippen LogP contribution in [0.2, 0.25) is 0 Å². The molecule has 1 heterocycles. The van der Waals surface area contributed by atoms with Gasteiger partial charge in [-0.25, -0.2) is 4.79 Å². The Kier molecular flexibility index (Phi) is 5.28. The third kappa shape index (κ3) is 3.41. The number of hydrogen-bond acceptors (Lipinski definition) is 5. The first-order chi connectivity index (χ1) is 15.3. The molecule has 3 aromatic carbocycles. The van der Waals surface area contributed by atoms with Gasteiger partial charge in [0, 0.05) is 17.2 Å². The molecule has 1 N–H and O–H groups in total. The van der Waals surface area contributed by atoms with Crippen LogP contribution >= 0.6 is 0 Å². The Balaban J connectivity index is 1.71. The lowest BCUT2D eigenvalue weighted by atomic mass is 9.82. The van der Waals surface area contributed by atoms with E-state index in [1.54, 1.807) is 67.6 Å². The number of imide groups is 1. The van der Waals surface area contributed by atoms with Crippen LogP contribution in [0.15, 0.2) is 78.9 Å². The molecule has 3 amide bonds. The van der Waals surface area contributed by atoms with E-state index in [1.165, 1.54) is 12.1 Å². The summed E-state index contributed by atoms with van der Waals surface area (Å²) in [6.45, 7) is 1.03. The summed E-state index contributed by atoms with van der Waals surface area (Å²) in [7, 11) is 0. The number of benzene rings is 3. The van der Waals surface area contributed by atoms with Crippen molar-refractivity contribution in [3.63, 3.8) is 0 Å². The lowest BCUT2D eigenvalue weighted by Gasteiger charge is -2.28. The lowest BCUT2D eigenvalue weighted by molar-refractivity contribution is -0.385. The van der Waals surface area contributed by atoms with Crippen molar-refractivity contribution in [2.45, 2.75) is 12.5 Å². The summed E-state index contributed by atoms with van der Waals surface area (Å²) in [6.07, 6.45) is 0. The standard InChI is InChI=1S/C24H19N3O5/c1-16-12-13-17(14-20(16)27(31)32)21(28)15-26-22(29)24(25-23(26)30,18-8-4-2-5-9-18)19-10-6-3-7-11-19/h2-14H,15H2,1H3,(H,25,30). The van der Waals surface area contributed by atoms with Crippen molar-refractivity contribution >= 4 is 23.4 Å². The van der Waals surface area contributed by atoms with Crippen molar-refractivity contribution in [1.82, 2.24) is 10.2 Å². The van der Waals surface area contributed by atoms with Gasteiger partial charge in [0.05, 0.1) is 11.5 Å². The Morgan fingerprint density at radius 1 is 0.969 bits per heavy atom. The number of urea groups is 1. The number of rotatable bonds is 6. The summed E-state index contributed by atoms with van der Waals surface area (Å²) >= 11 is 0. The van der Waals surface area contributed by atoms with Crippen molar-refractivity contribution in [2.75, 3.05) is 6.54 Å². The molecule has 0 spiro atoms. The predicted octanol–water partition coefficient (Wildman–Crippen LogP) is 3.58. The molecule has 1 fully saturated rings. The van der Waals surface area contributed by atoms with Crippen molar-refractivity contribution in [2.24, 2.45) is 0 Å². The Bertz CT molecular complexity index is 1190. The quantitative estimate of drug-likeness (QED) is 0.279. The van der Waals surface area contributed by atoms with Gasteiger partial charge in [-0.15, -0.1) is 0 Å². The average Bonchev–Trinajstić information content (AvgIpc) is 3.06. The van der Waals surface area contributed by atoms with E-state index in [-0.39, 0.29) is 11.3 Å². The molecule has 1 saturated heterocycles. The zero-order valence-corrected chi connectivity index (χ0v) is 17.1. The van der Waals surface area contributed by atoms with Gasteiger partial charge in [-0.05, 0) is 18.1 Å². The topological polar surface area (TPSA) is 110 Å². The zero-order valence-electron chi connectivity index (χ0n) is 17.1. The number of nitrogens with one attached hydrogen (secondary N) is 1. The van der Waals surface area contributed by atoms with Gasteiger partial charge in [0.25, 0.3) is 11.6 Å². The number of carbonyl (C=O) groups excluding carboxylic acids is 3. The van der Waals surface area contributed by atoms with Gasteiger partial charge >= 0.3 is 6.03 Å². The Labute approximate surface area is 183 Å². The number of Topliss-reactive ketones (excluding diaryl/α,β-unsaturated/α-hetero) is 1. The Morgan fingerprint density at radius 2 is 1.53 bits per heavy atom.